The SMILES string of the molecule is CC#CCn1c(N[C@@H]2CCCNC2)nc2c1c(=O)n(Cc1nc(C)c3ccccc3n1)c(=O)n2C. The fourth-order valence-corrected chi connectivity index (χ4v) is 4.60. The number of aryl methyl sites for hydroxylation is 2. The van der Waals surface area contributed by atoms with E-state index in [1.807, 2.05) is 31.2 Å². The van der Waals surface area contributed by atoms with Gasteiger partial charge in [-0.1, -0.05) is 24.1 Å². The summed E-state index contributed by atoms with van der Waals surface area (Å²) in [4.78, 5) is 40.7. The minimum absolute atomic E-state index is 0.0347. The standard InChI is InChI=1S/C25H28N8O2/c1-4-5-13-32-21-22(30-24(32)28-17-9-8-12-26-14-17)31(3)25(35)33(23(21)34)15-20-27-16(2)18-10-6-7-11-19(18)29-20/h6-7,10-11,17,26H,8-9,12-15H2,1-3H3,(H,28,30)/t17-/m1/s1. The first-order chi connectivity index (χ1) is 17.0. The lowest BCUT2D eigenvalue weighted by Gasteiger charge is -2.24. The van der Waals surface area contributed by atoms with Crippen LogP contribution in [0.4, 0.5) is 5.95 Å². The van der Waals surface area contributed by atoms with Crippen molar-refractivity contribution >= 4 is 28.0 Å². The van der Waals surface area contributed by atoms with E-state index < -0.39 is 11.2 Å². The molecule has 4 heterocycles. The number of nitrogens with zero attached hydrogens (tertiary/aromatic N) is 6. The Balaban J connectivity index is 1.64. The number of imidazole rings is 1. The molecule has 1 aromatic carbocycles. The fourth-order valence-electron chi connectivity index (χ4n) is 4.60. The van der Waals surface area contributed by atoms with E-state index in [-0.39, 0.29) is 19.1 Å². The summed E-state index contributed by atoms with van der Waals surface area (Å²) in [6, 6.07) is 7.87. The molecule has 0 aliphatic carbocycles. The van der Waals surface area contributed by atoms with Crippen LogP contribution in [-0.4, -0.2) is 47.8 Å². The number of nitrogens with one attached hydrogen (secondary N) is 2. The average molecular weight is 473 g/mol. The number of anilines is 1. The van der Waals surface area contributed by atoms with Gasteiger partial charge in [-0.3, -0.25) is 18.5 Å². The molecule has 10 nitrogen and oxygen atoms in total. The molecule has 35 heavy (non-hydrogen) atoms. The van der Waals surface area contributed by atoms with Crippen LogP contribution >= 0.6 is 0 Å². The Morgan fingerprint density at radius 2 is 2.00 bits per heavy atom. The number of piperidine rings is 1. The molecule has 180 valence electrons. The van der Waals surface area contributed by atoms with Crippen molar-refractivity contribution in [2.75, 3.05) is 18.4 Å². The second-order valence-electron chi connectivity index (χ2n) is 8.78. The predicted octanol–water partition coefficient (Wildman–Crippen LogP) is 1.38. The molecule has 0 unspecified atom stereocenters. The van der Waals surface area contributed by atoms with Gasteiger partial charge in [-0.15, -0.1) is 5.92 Å². The number of fused-ring (bicyclic) bond motifs is 2. The van der Waals surface area contributed by atoms with Gasteiger partial charge in [0.2, 0.25) is 5.95 Å². The van der Waals surface area contributed by atoms with Gasteiger partial charge in [-0.05, 0) is 39.3 Å². The third-order valence-corrected chi connectivity index (χ3v) is 6.42. The Hall–Kier alpha value is -3.97. The Morgan fingerprint density at radius 3 is 2.77 bits per heavy atom. The van der Waals surface area contributed by atoms with E-state index in [4.69, 9.17) is 0 Å². The number of hydrogen-bond acceptors (Lipinski definition) is 7. The first-order valence-corrected chi connectivity index (χ1v) is 11.8. The highest BCUT2D eigenvalue weighted by atomic mass is 16.2. The van der Waals surface area contributed by atoms with Gasteiger partial charge >= 0.3 is 5.69 Å². The third-order valence-electron chi connectivity index (χ3n) is 6.42. The third kappa shape index (κ3) is 4.19. The van der Waals surface area contributed by atoms with E-state index in [0.29, 0.717) is 22.9 Å². The van der Waals surface area contributed by atoms with E-state index >= 15 is 0 Å². The Kier molecular flexibility index (Phi) is 6.09. The summed E-state index contributed by atoms with van der Waals surface area (Å²) >= 11 is 0. The quantitative estimate of drug-likeness (QED) is 0.422. The molecule has 1 aliphatic rings. The Bertz CT molecular complexity index is 1600. The van der Waals surface area contributed by atoms with Crippen LogP contribution in [0.1, 0.15) is 31.3 Å². The van der Waals surface area contributed by atoms with Gasteiger partial charge in [-0.2, -0.15) is 4.98 Å². The second-order valence-corrected chi connectivity index (χ2v) is 8.78. The molecule has 1 atom stereocenters. The number of benzene rings is 1. The van der Waals surface area contributed by atoms with Gasteiger partial charge in [-0.25, -0.2) is 14.8 Å². The van der Waals surface area contributed by atoms with Crippen LogP contribution < -0.4 is 21.9 Å². The van der Waals surface area contributed by atoms with Crippen molar-refractivity contribution in [3.05, 3.63) is 56.6 Å². The zero-order chi connectivity index (χ0) is 24.5. The smallest absolute Gasteiger partial charge is 0.332 e. The zero-order valence-corrected chi connectivity index (χ0v) is 20.1. The predicted molar refractivity (Wildman–Crippen MR) is 136 cm³/mol. The van der Waals surface area contributed by atoms with Crippen molar-refractivity contribution in [2.45, 2.75) is 45.8 Å². The molecule has 5 rings (SSSR count). The van der Waals surface area contributed by atoms with Gasteiger partial charge in [0.15, 0.2) is 11.2 Å². The van der Waals surface area contributed by atoms with Crippen LogP contribution in [0.5, 0.6) is 0 Å². The highest BCUT2D eigenvalue weighted by Gasteiger charge is 2.23. The van der Waals surface area contributed by atoms with Crippen LogP contribution in [0, 0.1) is 18.8 Å². The lowest BCUT2D eigenvalue weighted by molar-refractivity contribution is 0.477. The Morgan fingerprint density at radius 1 is 1.17 bits per heavy atom. The fraction of sp³-hybridized carbons (Fsp3) is 0.400. The molecule has 0 amide bonds. The maximum atomic E-state index is 13.7. The van der Waals surface area contributed by atoms with E-state index in [9.17, 15) is 9.59 Å². The molecule has 10 heteroatoms. The van der Waals surface area contributed by atoms with Gasteiger partial charge in [0.1, 0.15) is 5.82 Å². The molecule has 2 N–H and O–H groups in total. The summed E-state index contributed by atoms with van der Waals surface area (Å²) < 4.78 is 4.35. The van der Waals surface area contributed by atoms with E-state index in [1.165, 1.54) is 9.13 Å². The lowest BCUT2D eigenvalue weighted by Crippen LogP contribution is -2.40. The molecule has 0 spiro atoms. The van der Waals surface area contributed by atoms with Crippen molar-refractivity contribution in [3.63, 3.8) is 0 Å². The molecule has 0 bridgehead atoms. The van der Waals surface area contributed by atoms with Crippen molar-refractivity contribution in [1.29, 1.82) is 0 Å². The summed E-state index contributed by atoms with van der Waals surface area (Å²) in [6.45, 7) is 5.70. The summed E-state index contributed by atoms with van der Waals surface area (Å²) in [5.74, 6) is 6.87. The minimum Gasteiger partial charge on any atom is -0.352 e. The molecular weight excluding hydrogens is 444 g/mol. The topological polar surface area (TPSA) is 112 Å². The first kappa shape index (κ1) is 22.8. The van der Waals surface area contributed by atoms with Gasteiger partial charge < -0.3 is 10.6 Å². The molecule has 1 fully saturated rings. The van der Waals surface area contributed by atoms with Crippen LogP contribution in [-0.2, 0) is 20.1 Å². The van der Waals surface area contributed by atoms with Crippen molar-refractivity contribution in [2.24, 2.45) is 7.05 Å². The van der Waals surface area contributed by atoms with E-state index in [1.54, 1.807) is 18.5 Å². The second kappa shape index (κ2) is 9.35. The molecular formula is C25H28N8O2. The molecule has 3 aromatic heterocycles. The number of hydrogen-bond donors (Lipinski definition) is 2. The molecule has 0 saturated carbocycles. The Labute approximate surface area is 202 Å². The minimum atomic E-state index is -0.464. The first-order valence-electron chi connectivity index (χ1n) is 11.8. The van der Waals surface area contributed by atoms with Crippen LogP contribution in [0.2, 0.25) is 0 Å². The van der Waals surface area contributed by atoms with Gasteiger partial charge in [0.25, 0.3) is 5.56 Å². The lowest BCUT2D eigenvalue weighted by atomic mass is 10.1. The summed E-state index contributed by atoms with van der Waals surface area (Å²) in [7, 11) is 1.63. The summed E-state index contributed by atoms with van der Waals surface area (Å²) in [5.41, 5.74) is 1.34. The number of para-hydroxylation sites is 1. The normalized spacial score (nSPS) is 15.8. The van der Waals surface area contributed by atoms with Crippen LogP contribution in [0.25, 0.3) is 22.1 Å². The zero-order valence-electron chi connectivity index (χ0n) is 20.1. The van der Waals surface area contributed by atoms with E-state index in [2.05, 4.69) is 37.4 Å². The molecule has 0 radical (unpaired) electrons. The van der Waals surface area contributed by atoms with Gasteiger partial charge in [0, 0.05) is 30.7 Å². The van der Waals surface area contributed by atoms with Crippen LogP contribution in [0.15, 0.2) is 33.9 Å². The maximum Gasteiger partial charge on any atom is 0.332 e. The number of aromatic nitrogens is 6. The average Bonchev–Trinajstić information content (AvgIpc) is 3.22. The van der Waals surface area contributed by atoms with Crippen molar-refractivity contribution in [1.82, 2.24) is 34.0 Å². The van der Waals surface area contributed by atoms with Crippen molar-refractivity contribution in [3.8, 4) is 11.8 Å². The summed E-state index contributed by atoms with van der Waals surface area (Å²) in [5, 5.41) is 7.77. The largest absolute Gasteiger partial charge is 0.352 e. The van der Waals surface area contributed by atoms with E-state index in [0.717, 1.165) is 42.5 Å². The van der Waals surface area contributed by atoms with Crippen LogP contribution in [0.3, 0.4) is 0 Å². The highest BCUT2D eigenvalue weighted by Crippen LogP contribution is 2.19. The highest BCUT2D eigenvalue weighted by molar-refractivity contribution is 5.80. The number of rotatable bonds is 5. The monoisotopic (exact) mass is 472 g/mol. The van der Waals surface area contributed by atoms with Gasteiger partial charge in [0.05, 0.1) is 18.6 Å². The molecule has 1 aliphatic heterocycles. The molecule has 4 aromatic rings. The summed E-state index contributed by atoms with van der Waals surface area (Å²) in [6.07, 6.45) is 2.06. The van der Waals surface area contributed by atoms with Crippen molar-refractivity contribution < 1.29 is 0 Å². The molecule has 1 saturated heterocycles. The maximum absolute atomic E-state index is 13.7.